The molecule has 1 fully saturated rings. The Morgan fingerprint density at radius 3 is 2.84 bits per heavy atom. The molecule has 4 amide bonds. The van der Waals surface area contributed by atoms with Gasteiger partial charge in [-0.3, -0.25) is 19.9 Å². The molecule has 19 heavy (non-hydrogen) atoms. The third-order valence-corrected chi connectivity index (χ3v) is 2.71. The lowest BCUT2D eigenvalue weighted by molar-refractivity contribution is -0.122. The summed E-state index contributed by atoms with van der Waals surface area (Å²) < 4.78 is 0. The van der Waals surface area contributed by atoms with E-state index in [4.69, 9.17) is 0 Å². The summed E-state index contributed by atoms with van der Waals surface area (Å²) in [4.78, 5) is 37.8. The molecule has 2 rings (SSSR count). The highest BCUT2D eigenvalue weighted by atomic mass is 16.2. The van der Waals surface area contributed by atoms with E-state index in [-0.39, 0.29) is 24.7 Å². The molecule has 7 heteroatoms. The molecule has 0 radical (unpaired) electrons. The van der Waals surface area contributed by atoms with E-state index in [1.165, 1.54) is 0 Å². The van der Waals surface area contributed by atoms with Crippen molar-refractivity contribution in [2.75, 3.05) is 0 Å². The summed E-state index contributed by atoms with van der Waals surface area (Å²) in [7, 11) is 0. The minimum atomic E-state index is -0.617. The van der Waals surface area contributed by atoms with Gasteiger partial charge in [-0.2, -0.15) is 0 Å². The van der Waals surface area contributed by atoms with Crippen molar-refractivity contribution in [3.05, 3.63) is 30.1 Å². The van der Waals surface area contributed by atoms with Crippen LogP contribution in [-0.2, 0) is 16.1 Å². The maximum absolute atomic E-state index is 11.6. The Labute approximate surface area is 109 Å². The molecule has 0 spiro atoms. The number of aromatic nitrogens is 1. The molecule has 1 aliphatic rings. The van der Waals surface area contributed by atoms with Gasteiger partial charge in [-0.25, -0.2) is 4.79 Å². The molecule has 0 unspecified atom stereocenters. The zero-order valence-corrected chi connectivity index (χ0v) is 10.2. The van der Waals surface area contributed by atoms with Gasteiger partial charge in [-0.15, -0.1) is 0 Å². The number of imide groups is 1. The smallest absolute Gasteiger partial charge is 0.322 e. The Kier molecular flexibility index (Phi) is 4.07. The lowest BCUT2D eigenvalue weighted by Gasteiger charge is -2.07. The lowest BCUT2D eigenvalue weighted by Crippen LogP contribution is -2.31. The average molecular weight is 262 g/mol. The van der Waals surface area contributed by atoms with Crippen molar-refractivity contribution in [2.24, 2.45) is 0 Å². The molecule has 0 aromatic carbocycles. The van der Waals surface area contributed by atoms with E-state index in [1.807, 2.05) is 12.1 Å². The highest BCUT2D eigenvalue weighted by Crippen LogP contribution is 2.02. The largest absolute Gasteiger partial charge is 0.350 e. The van der Waals surface area contributed by atoms with E-state index in [1.54, 1.807) is 12.3 Å². The SMILES string of the molecule is O=C(CC[C@@H]1NC(=O)NC1=O)NCc1ccccn1. The van der Waals surface area contributed by atoms with E-state index in [2.05, 4.69) is 20.9 Å². The number of rotatable bonds is 5. The lowest BCUT2D eigenvalue weighted by atomic mass is 10.1. The van der Waals surface area contributed by atoms with Crippen molar-refractivity contribution in [3.63, 3.8) is 0 Å². The minimum absolute atomic E-state index is 0.172. The van der Waals surface area contributed by atoms with Crippen molar-refractivity contribution < 1.29 is 14.4 Å². The first-order chi connectivity index (χ1) is 9.15. The van der Waals surface area contributed by atoms with Crippen LogP contribution in [0, 0.1) is 0 Å². The summed E-state index contributed by atoms with van der Waals surface area (Å²) in [5.74, 6) is -0.567. The summed E-state index contributed by atoms with van der Waals surface area (Å²) in [6.07, 6.45) is 2.11. The van der Waals surface area contributed by atoms with Crippen molar-refractivity contribution in [1.29, 1.82) is 0 Å². The first kappa shape index (κ1) is 13.0. The van der Waals surface area contributed by atoms with Crippen LogP contribution in [0.25, 0.3) is 0 Å². The quantitative estimate of drug-likeness (QED) is 0.633. The fraction of sp³-hybridized carbons (Fsp3) is 0.333. The Hall–Kier alpha value is -2.44. The van der Waals surface area contributed by atoms with Crippen molar-refractivity contribution in [3.8, 4) is 0 Å². The Morgan fingerprint density at radius 1 is 1.37 bits per heavy atom. The molecule has 1 saturated heterocycles. The molecule has 1 aromatic heterocycles. The standard InChI is InChI=1S/C12H14N4O3/c17-10(14-7-8-3-1-2-6-13-8)5-4-9-11(18)16-12(19)15-9/h1-3,6,9H,4-5,7H2,(H,14,17)(H2,15,16,18,19)/t9-/m0/s1. The number of nitrogens with one attached hydrogen (secondary N) is 3. The second-order valence-corrected chi connectivity index (χ2v) is 4.15. The fourth-order valence-electron chi connectivity index (χ4n) is 1.72. The number of urea groups is 1. The average Bonchev–Trinajstić information content (AvgIpc) is 2.73. The Bertz CT molecular complexity index is 489. The van der Waals surface area contributed by atoms with Gasteiger partial charge in [0.1, 0.15) is 6.04 Å². The summed E-state index contributed by atoms with van der Waals surface area (Å²) in [6.45, 7) is 0.350. The van der Waals surface area contributed by atoms with Crippen LogP contribution in [0.15, 0.2) is 24.4 Å². The van der Waals surface area contributed by atoms with E-state index >= 15 is 0 Å². The molecule has 100 valence electrons. The van der Waals surface area contributed by atoms with Gasteiger partial charge in [-0.05, 0) is 18.6 Å². The van der Waals surface area contributed by atoms with Gasteiger partial charge in [0.15, 0.2) is 0 Å². The van der Waals surface area contributed by atoms with E-state index in [0.717, 1.165) is 5.69 Å². The highest BCUT2D eigenvalue weighted by molar-refractivity contribution is 6.04. The molecule has 1 aromatic rings. The van der Waals surface area contributed by atoms with E-state index in [0.29, 0.717) is 6.54 Å². The van der Waals surface area contributed by atoms with E-state index < -0.39 is 12.1 Å². The third kappa shape index (κ3) is 3.77. The summed E-state index contributed by atoms with van der Waals surface area (Å²) in [5, 5.41) is 7.26. The molecule has 1 aliphatic heterocycles. The van der Waals surface area contributed by atoms with Gasteiger partial charge in [0.2, 0.25) is 5.91 Å². The zero-order valence-electron chi connectivity index (χ0n) is 10.2. The van der Waals surface area contributed by atoms with Crippen LogP contribution >= 0.6 is 0 Å². The zero-order chi connectivity index (χ0) is 13.7. The molecular weight excluding hydrogens is 248 g/mol. The van der Waals surface area contributed by atoms with Crippen LogP contribution in [0.4, 0.5) is 4.79 Å². The van der Waals surface area contributed by atoms with Crippen molar-refractivity contribution in [1.82, 2.24) is 20.9 Å². The third-order valence-electron chi connectivity index (χ3n) is 2.71. The summed E-state index contributed by atoms with van der Waals surface area (Å²) in [5.41, 5.74) is 0.766. The van der Waals surface area contributed by atoms with Gasteiger partial charge in [-0.1, -0.05) is 6.07 Å². The number of nitrogens with zero attached hydrogens (tertiary/aromatic N) is 1. The van der Waals surface area contributed by atoms with Crippen LogP contribution in [0.5, 0.6) is 0 Å². The molecule has 0 aliphatic carbocycles. The van der Waals surface area contributed by atoms with Gasteiger partial charge >= 0.3 is 6.03 Å². The number of carbonyl (C=O) groups is 3. The number of pyridine rings is 1. The van der Waals surface area contributed by atoms with Crippen LogP contribution in [0.1, 0.15) is 18.5 Å². The molecule has 7 nitrogen and oxygen atoms in total. The highest BCUT2D eigenvalue weighted by Gasteiger charge is 2.29. The molecule has 0 bridgehead atoms. The maximum atomic E-state index is 11.6. The second-order valence-electron chi connectivity index (χ2n) is 4.15. The normalized spacial score (nSPS) is 17.8. The monoisotopic (exact) mass is 262 g/mol. The molecular formula is C12H14N4O3. The van der Waals surface area contributed by atoms with Crippen LogP contribution in [0.3, 0.4) is 0 Å². The first-order valence-electron chi connectivity index (χ1n) is 5.93. The summed E-state index contributed by atoms with van der Waals surface area (Å²) >= 11 is 0. The molecule has 2 heterocycles. The Morgan fingerprint density at radius 2 is 2.21 bits per heavy atom. The molecule has 1 atom stereocenters. The number of amides is 4. The van der Waals surface area contributed by atoms with Gasteiger partial charge in [0, 0.05) is 12.6 Å². The topological polar surface area (TPSA) is 100 Å². The van der Waals surface area contributed by atoms with Crippen LogP contribution in [0.2, 0.25) is 0 Å². The second kappa shape index (κ2) is 5.94. The molecule has 3 N–H and O–H groups in total. The number of hydrogen-bond donors (Lipinski definition) is 3. The Balaban J connectivity index is 1.70. The number of carbonyl (C=O) groups excluding carboxylic acids is 3. The fourth-order valence-corrected chi connectivity index (χ4v) is 1.72. The maximum Gasteiger partial charge on any atom is 0.322 e. The first-order valence-corrected chi connectivity index (χ1v) is 5.93. The minimum Gasteiger partial charge on any atom is -0.350 e. The van der Waals surface area contributed by atoms with Crippen molar-refractivity contribution in [2.45, 2.75) is 25.4 Å². The predicted molar refractivity (Wildman–Crippen MR) is 65.8 cm³/mol. The van der Waals surface area contributed by atoms with Crippen LogP contribution < -0.4 is 16.0 Å². The van der Waals surface area contributed by atoms with Crippen molar-refractivity contribution >= 4 is 17.8 Å². The van der Waals surface area contributed by atoms with Crippen LogP contribution in [-0.4, -0.2) is 28.9 Å². The van der Waals surface area contributed by atoms with Gasteiger partial charge in [0.25, 0.3) is 5.91 Å². The van der Waals surface area contributed by atoms with Gasteiger partial charge in [0.05, 0.1) is 12.2 Å². The summed E-state index contributed by atoms with van der Waals surface area (Å²) in [6, 6.07) is 4.32. The number of hydrogen-bond acceptors (Lipinski definition) is 4. The predicted octanol–water partition coefficient (Wildman–Crippen LogP) is -0.314. The van der Waals surface area contributed by atoms with E-state index in [9.17, 15) is 14.4 Å². The molecule has 0 saturated carbocycles. The van der Waals surface area contributed by atoms with Gasteiger partial charge < -0.3 is 10.6 Å².